The van der Waals surface area contributed by atoms with Gasteiger partial charge in [-0.2, -0.15) is 0 Å². The summed E-state index contributed by atoms with van der Waals surface area (Å²) in [6.07, 6.45) is 0.360. The van der Waals surface area contributed by atoms with Gasteiger partial charge in [-0.1, -0.05) is 53.7 Å². The Kier molecular flexibility index (Phi) is 8.41. The van der Waals surface area contributed by atoms with Crippen molar-refractivity contribution in [2.45, 2.75) is 24.6 Å². The molecule has 2 aromatic carbocycles. The van der Waals surface area contributed by atoms with Crippen molar-refractivity contribution in [2.75, 3.05) is 12.4 Å². The predicted octanol–water partition coefficient (Wildman–Crippen LogP) is 3.34. The van der Waals surface area contributed by atoms with Gasteiger partial charge in [0.2, 0.25) is 5.89 Å². The van der Waals surface area contributed by atoms with Gasteiger partial charge in [0.05, 0.1) is 6.04 Å². The van der Waals surface area contributed by atoms with Crippen LogP contribution in [-0.4, -0.2) is 46.3 Å². The van der Waals surface area contributed by atoms with E-state index in [0.29, 0.717) is 22.9 Å². The van der Waals surface area contributed by atoms with Crippen molar-refractivity contribution in [3.8, 4) is 11.5 Å². The zero-order valence-electron chi connectivity index (χ0n) is 17.1. The number of nitrogens with one attached hydrogen (secondary N) is 1. The lowest BCUT2D eigenvalue weighted by atomic mass is 10.0. The number of Topliss-reactive ketones (excluding diaryl/α,β-unsaturated/α-hetero) is 1. The summed E-state index contributed by atoms with van der Waals surface area (Å²) in [4.78, 5) is 35.9. The highest BCUT2D eigenvalue weighted by atomic mass is 35.5. The summed E-state index contributed by atoms with van der Waals surface area (Å²) in [5, 5.41) is 11.2. The fourth-order valence-electron chi connectivity index (χ4n) is 2.67. The number of carbonyl (C=O) groups is 3. The molecular formula is C22H20ClN3O5S. The normalized spacial score (nSPS) is 11.6. The maximum absolute atomic E-state index is 12.1. The summed E-state index contributed by atoms with van der Waals surface area (Å²) in [5.41, 5.74) is 1.61. The third-order valence-corrected chi connectivity index (χ3v) is 5.33. The fraction of sp³-hybridized carbons (Fsp3) is 0.227. The highest BCUT2D eigenvalue weighted by Gasteiger charge is 2.19. The first-order chi connectivity index (χ1) is 15.4. The number of halogens is 1. The van der Waals surface area contributed by atoms with Gasteiger partial charge in [0.25, 0.3) is 11.1 Å². The quantitative estimate of drug-likeness (QED) is 0.352. The van der Waals surface area contributed by atoms with Crippen LogP contribution in [0.3, 0.4) is 0 Å². The molecule has 1 heterocycles. The van der Waals surface area contributed by atoms with Gasteiger partial charge in [-0.25, -0.2) is 0 Å². The van der Waals surface area contributed by atoms with E-state index < -0.39 is 24.5 Å². The number of hydrogen-bond acceptors (Lipinski definition) is 8. The predicted molar refractivity (Wildman–Crippen MR) is 119 cm³/mol. The van der Waals surface area contributed by atoms with Crippen LogP contribution >= 0.6 is 23.4 Å². The molecule has 3 rings (SSSR count). The van der Waals surface area contributed by atoms with Crippen molar-refractivity contribution in [3.05, 3.63) is 65.2 Å². The van der Waals surface area contributed by atoms with E-state index in [4.69, 9.17) is 20.8 Å². The second kappa shape index (κ2) is 11.4. The molecule has 1 aromatic heterocycles. The lowest BCUT2D eigenvalue weighted by Crippen LogP contribution is -2.43. The molecule has 0 saturated carbocycles. The van der Waals surface area contributed by atoms with Gasteiger partial charge in [-0.3, -0.25) is 14.4 Å². The Hall–Kier alpha value is -3.17. The topological polar surface area (TPSA) is 111 Å². The molecule has 0 aliphatic rings. The minimum absolute atomic E-state index is 0.115. The van der Waals surface area contributed by atoms with E-state index >= 15 is 0 Å². The van der Waals surface area contributed by atoms with E-state index in [1.807, 2.05) is 30.3 Å². The van der Waals surface area contributed by atoms with E-state index in [0.717, 1.165) is 17.3 Å². The van der Waals surface area contributed by atoms with Crippen LogP contribution in [0, 0.1) is 0 Å². The van der Waals surface area contributed by atoms with Gasteiger partial charge in [-0.05, 0) is 43.2 Å². The van der Waals surface area contributed by atoms with Gasteiger partial charge < -0.3 is 14.5 Å². The van der Waals surface area contributed by atoms with Crippen LogP contribution in [0.25, 0.3) is 11.5 Å². The molecule has 32 heavy (non-hydrogen) atoms. The average molecular weight is 474 g/mol. The highest BCUT2D eigenvalue weighted by molar-refractivity contribution is 7.99. The summed E-state index contributed by atoms with van der Waals surface area (Å²) in [5.74, 6) is -1.18. The molecule has 1 atom stereocenters. The van der Waals surface area contributed by atoms with Gasteiger partial charge in [0.1, 0.15) is 5.75 Å². The van der Waals surface area contributed by atoms with Crippen LogP contribution in [0.4, 0.5) is 0 Å². The zero-order chi connectivity index (χ0) is 22.9. The minimum atomic E-state index is -0.692. The van der Waals surface area contributed by atoms with Crippen molar-refractivity contribution >= 4 is 41.0 Å². The number of hydrogen-bond donors (Lipinski definition) is 1. The van der Waals surface area contributed by atoms with Gasteiger partial charge in [0, 0.05) is 10.6 Å². The fourth-order valence-corrected chi connectivity index (χ4v) is 3.35. The van der Waals surface area contributed by atoms with Crippen LogP contribution < -0.4 is 5.32 Å². The lowest BCUT2D eigenvalue weighted by Gasteiger charge is -2.16. The molecule has 166 valence electrons. The smallest absolute Gasteiger partial charge is 0.316 e. The zero-order valence-corrected chi connectivity index (χ0v) is 18.7. The number of rotatable bonds is 10. The summed E-state index contributed by atoms with van der Waals surface area (Å²) in [7, 11) is 0. The summed E-state index contributed by atoms with van der Waals surface area (Å²) >= 11 is 6.85. The van der Waals surface area contributed by atoms with Crippen molar-refractivity contribution in [2.24, 2.45) is 0 Å². The highest BCUT2D eigenvalue weighted by Crippen LogP contribution is 2.24. The molecule has 10 heteroatoms. The average Bonchev–Trinajstić information content (AvgIpc) is 3.26. The molecule has 8 nitrogen and oxygen atoms in total. The number of esters is 1. The number of amides is 1. The Morgan fingerprint density at radius 3 is 2.50 bits per heavy atom. The van der Waals surface area contributed by atoms with Gasteiger partial charge in [0.15, 0.2) is 12.4 Å². The van der Waals surface area contributed by atoms with Crippen LogP contribution in [-0.2, 0) is 25.5 Å². The number of carbonyl (C=O) groups excluding carboxylic acids is 3. The molecular weight excluding hydrogens is 454 g/mol. The van der Waals surface area contributed by atoms with E-state index in [2.05, 4.69) is 15.5 Å². The summed E-state index contributed by atoms with van der Waals surface area (Å²) in [6, 6.07) is 15.5. The molecule has 0 saturated heterocycles. The largest absolute Gasteiger partial charge is 0.455 e. The van der Waals surface area contributed by atoms with Crippen molar-refractivity contribution < 1.29 is 23.5 Å². The first-order valence-corrected chi connectivity index (χ1v) is 11.0. The SMILES string of the molecule is CC(=O)C(Cc1ccccc1)NC(=O)COC(=O)CSc1nnc(-c2ccc(Cl)cc2)o1. The Morgan fingerprint density at radius 1 is 1.09 bits per heavy atom. The van der Waals surface area contributed by atoms with E-state index in [1.54, 1.807) is 24.3 Å². The first kappa shape index (κ1) is 23.5. The molecule has 0 aliphatic heterocycles. The third-order valence-electron chi connectivity index (χ3n) is 4.28. The molecule has 0 fully saturated rings. The molecule has 0 bridgehead atoms. The molecule has 1 N–H and O–H groups in total. The van der Waals surface area contributed by atoms with E-state index in [9.17, 15) is 14.4 Å². The Labute approximate surface area is 193 Å². The van der Waals surface area contributed by atoms with Gasteiger partial charge >= 0.3 is 5.97 Å². The summed E-state index contributed by atoms with van der Waals surface area (Å²) < 4.78 is 10.5. The number of benzene rings is 2. The van der Waals surface area contributed by atoms with Crippen molar-refractivity contribution in [1.29, 1.82) is 0 Å². The molecule has 3 aromatic rings. The molecule has 0 aliphatic carbocycles. The third kappa shape index (κ3) is 7.21. The van der Waals surface area contributed by atoms with Crippen LogP contribution in [0.2, 0.25) is 5.02 Å². The number of nitrogens with zero attached hydrogens (tertiary/aromatic N) is 2. The molecule has 0 radical (unpaired) electrons. The second-order valence-corrected chi connectivity index (χ2v) is 8.11. The maximum Gasteiger partial charge on any atom is 0.316 e. The van der Waals surface area contributed by atoms with Crippen LogP contribution in [0.15, 0.2) is 64.2 Å². The summed E-state index contributed by atoms with van der Waals surface area (Å²) in [6.45, 7) is 0.914. The monoisotopic (exact) mass is 473 g/mol. The lowest BCUT2D eigenvalue weighted by molar-refractivity contribution is -0.146. The number of thioether (sulfide) groups is 1. The minimum Gasteiger partial charge on any atom is -0.455 e. The molecule has 1 amide bonds. The van der Waals surface area contributed by atoms with Crippen molar-refractivity contribution in [3.63, 3.8) is 0 Å². The van der Waals surface area contributed by atoms with Crippen LogP contribution in [0.1, 0.15) is 12.5 Å². The van der Waals surface area contributed by atoms with E-state index in [1.165, 1.54) is 6.92 Å². The Bertz CT molecular complexity index is 1070. The second-order valence-electron chi connectivity index (χ2n) is 6.75. The Balaban J connectivity index is 1.42. The van der Waals surface area contributed by atoms with Gasteiger partial charge in [-0.15, -0.1) is 10.2 Å². The number of aromatic nitrogens is 2. The van der Waals surface area contributed by atoms with Crippen LogP contribution in [0.5, 0.6) is 0 Å². The molecule has 0 spiro atoms. The number of ketones is 1. The molecule has 1 unspecified atom stereocenters. The maximum atomic E-state index is 12.1. The van der Waals surface area contributed by atoms with Crippen molar-refractivity contribution in [1.82, 2.24) is 15.5 Å². The van der Waals surface area contributed by atoms with E-state index in [-0.39, 0.29) is 16.8 Å². The Morgan fingerprint density at radius 2 is 1.81 bits per heavy atom. The standard InChI is InChI=1S/C22H20ClN3O5S/c1-14(27)18(11-15-5-3-2-4-6-15)24-19(28)12-30-20(29)13-32-22-26-25-21(31-22)16-7-9-17(23)10-8-16/h2-10,18H,11-13H2,1H3,(H,24,28). The first-order valence-electron chi connectivity index (χ1n) is 9.62. The number of ether oxygens (including phenoxy) is 1.